The molecule has 0 unspecified atom stereocenters. The summed E-state index contributed by atoms with van der Waals surface area (Å²) in [5, 5.41) is 34.2. The molecule has 0 atom stereocenters. The Bertz CT molecular complexity index is 1440. The molecular formula is C27H33N7O7. The SMILES string of the molecule is CCCc1nc(C(C)(C)O)c(C(=O)O)n1Cc1ccc(-c2ccccc2/C(N)=N/N(N)C(=O)CCO[N+](=O)[O-])cc1. The molecular weight excluding hydrogens is 534 g/mol. The Labute approximate surface area is 235 Å². The fraction of sp³-hybridized carbons (Fsp3) is 0.333. The zero-order valence-electron chi connectivity index (χ0n) is 23.0. The first kappa shape index (κ1) is 30.7. The molecule has 3 rings (SSSR count). The van der Waals surface area contributed by atoms with E-state index in [0.29, 0.717) is 28.5 Å². The number of rotatable bonds is 13. The number of hydrazone groups is 1. The number of aromatic carboxylic acids is 1. The Morgan fingerprint density at radius 1 is 1.20 bits per heavy atom. The van der Waals surface area contributed by atoms with Crippen LogP contribution in [0.4, 0.5) is 0 Å². The number of amides is 1. The van der Waals surface area contributed by atoms with Crippen LogP contribution in [0.15, 0.2) is 53.6 Å². The monoisotopic (exact) mass is 567 g/mol. The lowest BCUT2D eigenvalue weighted by molar-refractivity contribution is -0.757. The Morgan fingerprint density at radius 3 is 2.44 bits per heavy atom. The molecule has 6 N–H and O–H groups in total. The molecule has 0 fully saturated rings. The normalized spacial score (nSPS) is 11.8. The van der Waals surface area contributed by atoms with Crippen molar-refractivity contribution in [2.24, 2.45) is 16.7 Å². The molecule has 0 spiro atoms. The van der Waals surface area contributed by atoms with E-state index >= 15 is 0 Å². The summed E-state index contributed by atoms with van der Waals surface area (Å²) in [4.78, 5) is 43.1. The number of carboxylic acids is 1. The van der Waals surface area contributed by atoms with Crippen molar-refractivity contribution in [1.82, 2.24) is 14.7 Å². The molecule has 14 nitrogen and oxygen atoms in total. The number of aryl methyl sites for hydroxylation is 1. The molecule has 0 bridgehead atoms. The van der Waals surface area contributed by atoms with E-state index in [9.17, 15) is 29.9 Å². The first-order valence-corrected chi connectivity index (χ1v) is 12.8. The predicted molar refractivity (Wildman–Crippen MR) is 149 cm³/mol. The Morgan fingerprint density at radius 2 is 1.85 bits per heavy atom. The number of carboxylic acid groups (broad SMARTS) is 1. The molecule has 1 heterocycles. The van der Waals surface area contributed by atoms with Gasteiger partial charge in [0.15, 0.2) is 11.5 Å². The quantitative estimate of drug-likeness (QED) is 0.0591. The third-order valence-electron chi connectivity index (χ3n) is 6.09. The number of benzene rings is 2. The van der Waals surface area contributed by atoms with Gasteiger partial charge in [-0.1, -0.05) is 55.5 Å². The van der Waals surface area contributed by atoms with Gasteiger partial charge in [0.2, 0.25) is 0 Å². The third kappa shape index (κ3) is 7.64. The molecule has 41 heavy (non-hydrogen) atoms. The second-order valence-corrected chi connectivity index (χ2v) is 9.70. The summed E-state index contributed by atoms with van der Waals surface area (Å²) >= 11 is 0. The van der Waals surface area contributed by atoms with Gasteiger partial charge in [-0.2, -0.15) is 5.12 Å². The van der Waals surface area contributed by atoms with Gasteiger partial charge in [0.25, 0.3) is 11.0 Å². The number of carbonyl (C=O) groups excluding carboxylic acids is 1. The minimum atomic E-state index is -1.43. The van der Waals surface area contributed by atoms with Gasteiger partial charge >= 0.3 is 5.97 Å². The summed E-state index contributed by atoms with van der Waals surface area (Å²) in [6, 6.07) is 14.4. The molecule has 3 aromatic rings. The van der Waals surface area contributed by atoms with E-state index in [4.69, 9.17) is 11.6 Å². The van der Waals surface area contributed by atoms with E-state index in [1.165, 1.54) is 13.8 Å². The van der Waals surface area contributed by atoms with E-state index in [0.717, 1.165) is 17.5 Å². The third-order valence-corrected chi connectivity index (χ3v) is 6.09. The number of amidine groups is 1. The lowest BCUT2D eigenvalue weighted by atomic mass is 9.98. The summed E-state index contributed by atoms with van der Waals surface area (Å²) in [6.45, 7) is 4.75. The zero-order valence-corrected chi connectivity index (χ0v) is 23.0. The van der Waals surface area contributed by atoms with Crippen LogP contribution in [0.25, 0.3) is 11.1 Å². The summed E-state index contributed by atoms with van der Waals surface area (Å²) in [5.41, 5.74) is 7.57. The molecule has 0 radical (unpaired) electrons. The smallest absolute Gasteiger partial charge is 0.354 e. The van der Waals surface area contributed by atoms with Crippen molar-refractivity contribution in [3.8, 4) is 11.1 Å². The lowest BCUT2D eigenvalue weighted by Crippen LogP contribution is -2.36. The highest BCUT2D eigenvalue weighted by Gasteiger charge is 2.31. The van der Waals surface area contributed by atoms with E-state index in [2.05, 4.69) is 14.9 Å². The molecule has 14 heteroatoms. The molecule has 0 saturated carbocycles. The van der Waals surface area contributed by atoms with Crippen LogP contribution in [0.2, 0.25) is 0 Å². The van der Waals surface area contributed by atoms with Gasteiger partial charge in [-0.3, -0.25) is 4.79 Å². The van der Waals surface area contributed by atoms with Crippen molar-refractivity contribution in [3.05, 3.63) is 87.0 Å². The molecule has 0 aliphatic carbocycles. The van der Waals surface area contributed by atoms with Crippen molar-refractivity contribution in [1.29, 1.82) is 0 Å². The Balaban J connectivity index is 1.88. The van der Waals surface area contributed by atoms with Crippen LogP contribution in [0.3, 0.4) is 0 Å². The molecule has 1 amide bonds. The number of imidazole rings is 1. The number of nitrogens with two attached hydrogens (primary N) is 2. The maximum Gasteiger partial charge on any atom is 0.354 e. The predicted octanol–water partition coefficient (Wildman–Crippen LogP) is 2.40. The number of nitrogens with zero attached hydrogens (tertiary/aromatic N) is 5. The highest BCUT2D eigenvalue weighted by atomic mass is 16.9. The molecule has 2 aromatic carbocycles. The first-order valence-electron chi connectivity index (χ1n) is 12.8. The largest absolute Gasteiger partial charge is 0.477 e. The lowest BCUT2D eigenvalue weighted by Gasteiger charge is -2.16. The number of carbonyl (C=O) groups is 2. The summed E-state index contributed by atoms with van der Waals surface area (Å²) in [7, 11) is 0. The highest BCUT2D eigenvalue weighted by molar-refractivity contribution is 6.03. The summed E-state index contributed by atoms with van der Waals surface area (Å²) in [6.07, 6.45) is 0.928. The van der Waals surface area contributed by atoms with Crippen LogP contribution >= 0.6 is 0 Å². The second kappa shape index (κ2) is 13.0. The van der Waals surface area contributed by atoms with E-state index in [1.54, 1.807) is 22.8 Å². The van der Waals surface area contributed by atoms with Crippen molar-refractivity contribution in [2.75, 3.05) is 6.61 Å². The zero-order chi connectivity index (χ0) is 30.3. The maximum absolute atomic E-state index is 12.2. The Kier molecular flexibility index (Phi) is 9.76. The van der Waals surface area contributed by atoms with Crippen LogP contribution in [0.1, 0.15) is 66.7 Å². The summed E-state index contributed by atoms with van der Waals surface area (Å²) < 4.78 is 1.62. The minimum Gasteiger partial charge on any atom is -0.477 e. The van der Waals surface area contributed by atoms with E-state index in [1.807, 2.05) is 37.3 Å². The van der Waals surface area contributed by atoms with Crippen LogP contribution in [-0.2, 0) is 28.2 Å². The van der Waals surface area contributed by atoms with Crippen molar-refractivity contribution in [2.45, 2.75) is 52.2 Å². The number of aliphatic hydroxyl groups is 1. The summed E-state index contributed by atoms with van der Waals surface area (Å²) in [5.74, 6) is 4.30. The fourth-order valence-electron chi connectivity index (χ4n) is 4.21. The van der Waals surface area contributed by atoms with Gasteiger partial charge in [-0.15, -0.1) is 15.2 Å². The average molecular weight is 568 g/mol. The van der Waals surface area contributed by atoms with Gasteiger partial charge in [0, 0.05) is 18.5 Å². The van der Waals surface area contributed by atoms with Gasteiger partial charge in [-0.25, -0.2) is 15.6 Å². The van der Waals surface area contributed by atoms with Crippen molar-refractivity contribution >= 4 is 17.7 Å². The number of hydrazine groups is 1. The van der Waals surface area contributed by atoms with Gasteiger partial charge < -0.3 is 25.4 Å². The molecule has 0 aliphatic rings. The minimum absolute atomic E-state index is 0.0508. The van der Waals surface area contributed by atoms with Gasteiger partial charge in [0.05, 0.1) is 6.42 Å². The molecule has 1 aromatic heterocycles. The fourth-order valence-corrected chi connectivity index (χ4v) is 4.21. The second-order valence-electron chi connectivity index (χ2n) is 9.70. The van der Waals surface area contributed by atoms with Crippen LogP contribution < -0.4 is 11.6 Å². The number of hydrogen-bond acceptors (Lipinski definition) is 9. The van der Waals surface area contributed by atoms with Gasteiger partial charge in [0.1, 0.15) is 23.7 Å². The molecule has 0 saturated heterocycles. The standard InChI is InChI=1S/C27H33N7O7/c1-4-7-21-30-24(27(2,3)38)23(26(36)37)32(21)16-17-10-12-18(13-11-17)19-8-5-6-9-20(19)25(28)31-33(29)22(35)14-15-41-34(39)40/h5-6,8-13,38H,4,7,14-16,29H2,1-3H3,(H2,28,31)(H,36,37). The molecule has 0 aliphatic heterocycles. The first-order chi connectivity index (χ1) is 19.3. The Hall–Kier alpha value is -4.82. The average Bonchev–Trinajstić information content (AvgIpc) is 3.27. The maximum atomic E-state index is 12.2. The van der Waals surface area contributed by atoms with Crippen LogP contribution in [-0.4, -0.2) is 54.3 Å². The highest BCUT2D eigenvalue weighted by Crippen LogP contribution is 2.28. The van der Waals surface area contributed by atoms with Gasteiger partial charge in [-0.05, 0) is 37.0 Å². The topological polar surface area (TPSA) is 212 Å². The van der Waals surface area contributed by atoms with Crippen LogP contribution in [0, 0.1) is 10.1 Å². The van der Waals surface area contributed by atoms with Crippen LogP contribution in [0.5, 0.6) is 0 Å². The van der Waals surface area contributed by atoms with E-state index < -0.39 is 29.2 Å². The van der Waals surface area contributed by atoms with Crippen molar-refractivity contribution < 1.29 is 29.7 Å². The van der Waals surface area contributed by atoms with Crippen molar-refractivity contribution in [3.63, 3.8) is 0 Å². The number of aromatic nitrogens is 2. The molecule has 218 valence electrons. The van der Waals surface area contributed by atoms with E-state index in [-0.39, 0.29) is 30.2 Å². The number of hydrogen-bond donors (Lipinski definition) is 4.